The quantitative estimate of drug-likeness (QED) is 0.0348. The molecular formula is C49H94O6. The molecule has 0 bridgehead atoms. The van der Waals surface area contributed by atoms with Crippen molar-refractivity contribution in [3.8, 4) is 0 Å². The summed E-state index contributed by atoms with van der Waals surface area (Å²) in [5.74, 6) is 0.818. The van der Waals surface area contributed by atoms with Crippen molar-refractivity contribution in [1.82, 2.24) is 0 Å². The van der Waals surface area contributed by atoms with Crippen molar-refractivity contribution in [1.29, 1.82) is 0 Å². The molecule has 0 fully saturated rings. The highest BCUT2D eigenvalue weighted by molar-refractivity contribution is 5.71. The SMILES string of the molecule is CCCCCCCCCCCCCC(=O)OC[C@@H](COC(=O)CCCCCCCCCCC(C)CC)OC(=O)CCCCCCCCCCCCCC(C)C. The number of hydrogen-bond acceptors (Lipinski definition) is 6. The smallest absolute Gasteiger partial charge is 0.306 e. The largest absolute Gasteiger partial charge is 0.462 e. The normalized spacial score (nSPS) is 12.5. The Hall–Kier alpha value is -1.59. The Balaban J connectivity index is 4.34. The summed E-state index contributed by atoms with van der Waals surface area (Å²) in [4.78, 5) is 37.8. The predicted octanol–water partition coefficient (Wildman–Crippen LogP) is 15.4. The van der Waals surface area contributed by atoms with Crippen LogP contribution in [0.5, 0.6) is 0 Å². The minimum atomic E-state index is -0.761. The molecule has 0 heterocycles. The molecule has 0 aromatic carbocycles. The molecule has 0 rings (SSSR count). The molecule has 0 spiro atoms. The molecule has 0 saturated heterocycles. The van der Waals surface area contributed by atoms with Crippen LogP contribution in [0.4, 0.5) is 0 Å². The molecule has 0 aliphatic rings. The van der Waals surface area contributed by atoms with Gasteiger partial charge in [-0.25, -0.2) is 0 Å². The van der Waals surface area contributed by atoms with Gasteiger partial charge < -0.3 is 14.2 Å². The van der Waals surface area contributed by atoms with E-state index in [9.17, 15) is 14.4 Å². The number of carbonyl (C=O) groups is 3. The van der Waals surface area contributed by atoms with Gasteiger partial charge in [-0.05, 0) is 31.1 Å². The van der Waals surface area contributed by atoms with Crippen molar-refractivity contribution in [2.75, 3.05) is 13.2 Å². The van der Waals surface area contributed by atoms with Gasteiger partial charge in [-0.2, -0.15) is 0 Å². The number of esters is 3. The highest BCUT2D eigenvalue weighted by Gasteiger charge is 2.19. The van der Waals surface area contributed by atoms with E-state index in [2.05, 4.69) is 34.6 Å². The fourth-order valence-electron chi connectivity index (χ4n) is 7.25. The van der Waals surface area contributed by atoms with Gasteiger partial charge in [0.1, 0.15) is 13.2 Å². The topological polar surface area (TPSA) is 78.9 Å². The van der Waals surface area contributed by atoms with E-state index < -0.39 is 6.10 Å². The van der Waals surface area contributed by atoms with Crippen LogP contribution in [0.2, 0.25) is 0 Å². The second kappa shape index (κ2) is 42.0. The van der Waals surface area contributed by atoms with E-state index in [0.717, 1.165) is 69.6 Å². The van der Waals surface area contributed by atoms with Gasteiger partial charge in [0.25, 0.3) is 0 Å². The number of rotatable bonds is 43. The summed E-state index contributed by atoms with van der Waals surface area (Å²) in [6.07, 6.45) is 40.8. The average Bonchev–Trinajstić information content (AvgIpc) is 3.17. The molecule has 6 heteroatoms. The summed E-state index contributed by atoms with van der Waals surface area (Å²) < 4.78 is 16.8. The Morgan fingerprint density at radius 3 is 1.04 bits per heavy atom. The molecule has 0 saturated carbocycles. The molecule has 0 radical (unpaired) electrons. The molecule has 0 aromatic rings. The Bertz CT molecular complexity index is 841. The first-order valence-corrected chi connectivity index (χ1v) is 24.3. The summed E-state index contributed by atoms with van der Waals surface area (Å²) in [5.41, 5.74) is 0. The van der Waals surface area contributed by atoms with Gasteiger partial charge in [0.2, 0.25) is 0 Å². The van der Waals surface area contributed by atoms with Crippen LogP contribution < -0.4 is 0 Å². The maximum Gasteiger partial charge on any atom is 0.306 e. The van der Waals surface area contributed by atoms with Crippen LogP contribution in [0.1, 0.15) is 266 Å². The monoisotopic (exact) mass is 779 g/mol. The molecule has 0 aliphatic heterocycles. The van der Waals surface area contributed by atoms with E-state index in [0.29, 0.717) is 19.3 Å². The van der Waals surface area contributed by atoms with Gasteiger partial charge >= 0.3 is 17.9 Å². The maximum absolute atomic E-state index is 12.7. The molecule has 326 valence electrons. The molecule has 0 amide bonds. The predicted molar refractivity (Wildman–Crippen MR) is 233 cm³/mol. The van der Waals surface area contributed by atoms with Gasteiger partial charge in [-0.3, -0.25) is 14.4 Å². The van der Waals surface area contributed by atoms with E-state index in [1.54, 1.807) is 0 Å². The van der Waals surface area contributed by atoms with Crippen molar-refractivity contribution in [2.45, 2.75) is 272 Å². The minimum Gasteiger partial charge on any atom is -0.462 e. The highest BCUT2D eigenvalue weighted by Crippen LogP contribution is 2.17. The van der Waals surface area contributed by atoms with Crippen LogP contribution in [0, 0.1) is 11.8 Å². The van der Waals surface area contributed by atoms with Gasteiger partial charge in [0.15, 0.2) is 6.10 Å². The zero-order valence-electron chi connectivity index (χ0n) is 37.6. The van der Waals surface area contributed by atoms with Gasteiger partial charge in [-0.1, -0.05) is 227 Å². The zero-order valence-corrected chi connectivity index (χ0v) is 37.6. The van der Waals surface area contributed by atoms with Gasteiger partial charge in [-0.15, -0.1) is 0 Å². The summed E-state index contributed by atoms with van der Waals surface area (Å²) >= 11 is 0. The second-order valence-corrected chi connectivity index (χ2v) is 17.5. The first-order chi connectivity index (χ1) is 26.8. The van der Waals surface area contributed by atoms with Gasteiger partial charge in [0, 0.05) is 19.3 Å². The molecule has 6 nitrogen and oxygen atoms in total. The number of ether oxygens (including phenoxy) is 3. The van der Waals surface area contributed by atoms with E-state index in [1.807, 2.05) is 0 Å². The van der Waals surface area contributed by atoms with E-state index in [-0.39, 0.29) is 31.1 Å². The van der Waals surface area contributed by atoms with E-state index in [4.69, 9.17) is 14.2 Å². The lowest BCUT2D eigenvalue weighted by Gasteiger charge is -2.18. The van der Waals surface area contributed by atoms with E-state index in [1.165, 1.54) is 154 Å². The lowest BCUT2D eigenvalue weighted by Crippen LogP contribution is -2.30. The van der Waals surface area contributed by atoms with Crippen molar-refractivity contribution in [2.24, 2.45) is 11.8 Å². The van der Waals surface area contributed by atoms with Crippen LogP contribution in [-0.4, -0.2) is 37.2 Å². The van der Waals surface area contributed by atoms with Crippen molar-refractivity contribution in [3.05, 3.63) is 0 Å². The second-order valence-electron chi connectivity index (χ2n) is 17.5. The Morgan fingerprint density at radius 2 is 0.691 bits per heavy atom. The Labute approximate surface area is 342 Å². The summed E-state index contributed by atoms with van der Waals surface area (Å²) in [7, 11) is 0. The first-order valence-electron chi connectivity index (χ1n) is 24.3. The van der Waals surface area contributed by atoms with Crippen LogP contribution in [0.25, 0.3) is 0 Å². The average molecular weight is 779 g/mol. The van der Waals surface area contributed by atoms with Crippen LogP contribution in [0.3, 0.4) is 0 Å². The van der Waals surface area contributed by atoms with Crippen molar-refractivity contribution < 1.29 is 28.6 Å². The molecule has 1 unspecified atom stereocenters. The first kappa shape index (κ1) is 53.4. The maximum atomic E-state index is 12.7. The third-order valence-corrected chi connectivity index (χ3v) is 11.3. The summed E-state index contributed by atoms with van der Waals surface area (Å²) in [6.45, 7) is 11.3. The Morgan fingerprint density at radius 1 is 0.382 bits per heavy atom. The number of unbranched alkanes of at least 4 members (excludes halogenated alkanes) is 27. The third-order valence-electron chi connectivity index (χ3n) is 11.3. The molecule has 55 heavy (non-hydrogen) atoms. The number of hydrogen-bond donors (Lipinski definition) is 0. The lowest BCUT2D eigenvalue weighted by atomic mass is 9.99. The fraction of sp³-hybridized carbons (Fsp3) is 0.939. The highest BCUT2D eigenvalue weighted by atomic mass is 16.6. The zero-order chi connectivity index (χ0) is 40.5. The van der Waals surface area contributed by atoms with Crippen LogP contribution in [0.15, 0.2) is 0 Å². The van der Waals surface area contributed by atoms with Crippen LogP contribution >= 0.6 is 0 Å². The van der Waals surface area contributed by atoms with Gasteiger partial charge in [0.05, 0.1) is 0 Å². The van der Waals surface area contributed by atoms with Crippen molar-refractivity contribution >= 4 is 17.9 Å². The molecule has 0 aliphatic carbocycles. The molecule has 0 N–H and O–H groups in total. The summed E-state index contributed by atoms with van der Waals surface area (Å²) in [6, 6.07) is 0. The van der Waals surface area contributed by atoms with Crippen molar-refractivity contribution in [3.63, 3.8) is 0 Å². The summed E-state index contributed by atoms with van der Waals surface area (Å²) in [5, 5.41) is 0. The molecular weight excluding hydrogens is 685 g/mol. The van der Waals surface area contributed by atoms with E-state index >= 15 is 0 Å². The Kier molecular flexibility index (Phi) is 40.8. The lowest BCUT2D eigenvalue weighted by molar-refractivity contribution is -0.167. The number of carbonyl (C=O) groups excluding carboxylic acids is 3. The molecule has 0 aromatic heterocycles. The fourth-order valence-corrected chi connectivity index (χ4v) is 7.25. The van der Waals surface area contributed by atoms with Crippen LogP contribution in [-0.2, 0) is 28.6 Å². The standard InChI is InChI=1S/C49H94O6/c1-6-8-9-10-11-12-14-18-24-29-34-39-47(50)53-42-46(43-54-48(51)40-35-30-25-21-20-23-28-33-38-45(5)7-2)55-49(52)41-36-31-26-19-16-13-15-17-22-27-32-37-44(3)4/h44-46H,6-43H2,1-5H3/t45?,46-/m0/s1. The minimum absolute atomic E-state index is 0.0645. The molecule has 2 atom stereocenters. The third kappa shape index (κ3) is 41.9.